The zero-order valence-corrected chi connectivity index (χ0v) is 11.7. The smallest absolute Gasteiger partial charge is 0.226 e. The van der Waals surface area contributed by atoms with E-state index in [1.165, 1.54) is 6.42 Å². The van der Waals surface area contributed by atoms with E-state index in [4.69, 9.17) is 0 Å². The number of rotatable bonds is 4. The van der Waals surface area contributed by atoms with E-state index in [1.807, 2.05) is 0 Å². The van der Waals surface area contributed by atoms with E-state index < -0.39 is 0 Å². The third-order valence-corrected chi connectivity index (χ3v) is 4.00. The van der Waals surface area contributed by atoms with Crippen LogP contribution in [0, 0.1) is 11.8 Å². The van der Waals surface area contributed by atoms with E-state index in [2.05, 4.69) is 36.2 Å². The minimum atomic E-state index is 0.238. The number of nitrogens with one attached hydrogen (secondary N) is 1. The monoisotopic (exact) mass is 250 g/mol. The van der Waals surface area contributed by atoms with Crippen LogP contribution in [0.3, 0.4) is 0 Å². The van der Waals surface area contributed by atoms with Crippen molar-refractivity contribution in [2.75, 3.05) is 19.6 Å². The summed E-state index contributed by atoms with van der Waals surface area (Å²) in [4.78, 5) is 14.5. The highest BCUT2D eigenvalue weighted by molar-refractivity contribution is 5.79. The van der Waals surface area contributed by atoms with Gasteiger partial charge in [0.25, 0.3) is 0 Å². The lowest BCUT2D eigenvalue weighted by molar-refractivity contribution is -0.137. The molecule has 1 saturated heterocycles. The molecule has 1 amide bonds. The maximum Gasteiger partial charge on any atom is 0.226 e. The molecule has 2 rings (SSSR count). The van der Waals surface area contributed by atoms with Crippen LogP contribution >= 0.6 is 0 Å². The summed E-state index contributed by atoms with van der Waals surface area (Å²) in [5.41, 5.74) is 0. The van der Waals surface area contributed by atoms with Gasteiger partial charge in [-0.3, -0.25) is 4.79 Å². The summed E-state index contributed by atoms with van der Waals surface area (Å²) in [6, 6.07) is 0.537. The highest BCUT2D eigenvalue weighted by atomic mass is 16.2. The van der Waals surface area contributed by atoms with Crippen LogP contribution < -0.4 is 5.32 Å². The second-order valence-electron chi connectivity index (χ2n) is 6.00. The largest absolute Gasteiger partial charge is 0.342 e. The van der Waals surface area contributed by atoms with Crippen LogP contribution in [-0.4, -0.2) is 36.5 Å². The number of hydrogen-bond acceptors (Lipinski definition) is 2. The van der Waals surface area contributed by atoms with E-state index >= 15 is 0 Å². The minimum absolute atomic E-state index is 0.238. The molecule has 1 aliphatic heterocycles. The minimum Gasteiger partial charge on any atom is -0.342 e. The summed E-state index contributed by atoms with van der Waals surface area (Å²) in [6.07, 6.45) is 8.60. The van der Waals surface area contributed by atoms with Gasteiger partial charge in [-0.1, -0.05) is 26.0 Å². The third-order valence-electron chi connectivity index (χ3n) is 4.00. The Balaban J connectivity index is 1.80. The highest BCUT2D eigenvalue weighted by Gasteiger charge is 2.28. The first kappa shape index (κ1) is 13.6. The Hall–Kier alpha value is -0.830. The Kier molecular flexibility index (Phi) is 4.81. The highest BCUT2D eigenvalue weighted by Crippen LogP contribution is 2.24. The van der Waals surface area contributed by atoms with Crippen LogP contribution in [0.5, 0.6) is 0 Å². The van der Waals surface area contributed by atoms with Crippen LogP contribution in [0.25, 0.3) is 0 Å². The number of allylic oxidation sites excluding steroid dienone is 2. The molecule has 2 aliphatic rings. The van der Waals surface area contributed by atoms with Gasteiger partial charge in [-0.15, -0.1) is 0 Å². The summed E-state index contributed by atoms with van der Waals surface area (Å²) in [5.74, 6) is 1.26. The van der Waals surface area contributed by atoms with Gasteiger partial charge in [0, 0.05) is 25.0 Å². The van der Waals surface area contributed by atoms with E-state index in [9.17, 15) is 4.79 Å². The normalized spacial score (nSPS) is 25.1. The molecule has 1 unspecified atom stereocenters. The lowest BCUT2D eigenvalue weighted by atomic mass is 9.95. The van der Waals surface area contributed by atoms with Crippen molar-refractivity contribution < 1.29 is 4.79 Å². The molecule has 1 N–H and O–H groups in total. The molecule has 18 heavy (non-hydrogen) atoms. The van der Waals surface area contributed by atoms with Gasteiger partial charge in [-0.2, -0.15) is 0 Å². The molecule has 0 aromatic rings. The Bertz CT molecular complexity index is 304. The number of carbonyl (C=O) groups excluding carboxylic acids is 1. The molecule has 1 aliphatic carbocycles. The fourth-order valence-corrected chi connectivity index (χ4v) is 2.91. The van der Waals surface area contributed by atoms with Crippen LogP contribution in [0.4, 0.5) is 0 Å². The van der Waals surface area contributed by atoms with Crippen molar-refractivity contribution in [3.63, 3.8) is 0 Å². The predicted octanol–water partition coefficient (Wildman–Crippen LogP) is 2.19. The van der Waals surface area contributed by atoms with E-state index in [-0.39, 0.29) is 5.92 Å². The lowest BCUT2D eigenvalue weighted by Gasteiger charge is -2.34. The van der Waals surface area contributed by atoms with Gasteiger partial charge in [0.2, 0.25) is 5.91 Å². The maximum absolute atomic E-state index is 12.3. The summed E-state index contributed by atoms with van der Waals surface area (Å²) >= 11 is 0. The molecular weight excluding hydrogens is 224 g/mol. The molecule has 0 aromatic heterocycles. The molecule has 0 saturated carbocycles. The Morgan fingerprint density at radius 2 is 2.11 bits per heavy atom. The van der Waals surface area contributed by atoms with Gasteiger partial charge in [0.1, 0.15) is 0 Å². The predicted molar refractivity (Wildman–Crippen MR) is 74.3 cm³/mol. The van der Waals surface area contributed by atoms with E-state index in [0.29, 0.717) is 17.9 Å². The van der Waals surface area contributed by atoms with Gasteiger partial charge in [-0.05, 0) is 38.1 Å². The van der Waals surface area contributed by atoms with Gasteiger partial charge < -0.3 is 10.2 Å². The van der Waals surface area contributed by atoms with Crippen LogP contribution in [-0.2, 0) is 4.79 Å². The van der Waals surface area contributed by atoms with Crippen LogP contribution in [0.15, 0.2) is 12.2 Å². The van der Waals surface area contributed by atoms with Crippen molar-refractivity contribution >= 4 is 5.91 Å². The maximum atomic E-state index is 12.3. The second kappa shape index (κ2) is 6.37. The molecule has 1 atom stereocenters. The SMILES string of the molecule is CC(C)NCC1CCCN(C(=O)C2CC=CC2)C1. The summed E-state index contributed by atoms with van der Waals surface area (Å²) in [7, 11) is 0. The number of carbonyl (C=O) groups is 1. The van der Waals surface area contributed by atoms with E-state index in [0.717, 1.165) is 38.9 Å². The standard InChI is InChI=1S/C15H26N2O/c1-12(2)16-10-13-6-5-9-17(11-13)15(18)14-7-3-4-8-14/h3-4,12-14,16H,5-11H2,1-2H3. The summed E-state index contributed by atoms with van der Waals surface area (Å²) in [6.45, 7) is 7.32. The third kappa shape index (κ3) is 3.58. The van der Waals surface area contributed by atoms with Gasteiger partial charge >= 0.3 is 0 Å². The average molecular weight is 250 g/mol. The van der Waals surface area contributed by atoms with Crippen LogP contribution in [0.2, 0.25) is 0 Å². The summed E-state index contributed by atoms with van der Waals surface area (Å²) in [5, 5.41) is 3.49. The van der Waals surface area contributed by atoms with Crippen molar-refractivity contribution in [2.45, 2.75) is 45.6 Å². The molecule has 3 nitrogen and oxygen atoms in total. The topological polar surface area (TPSA) is 32.3 Å². The van der Waals surface area contributed by atoms with Gasteiger partial charge in [0.05, 0.1) is 0 Å². The first-order chi connectivity index (χ1) is 8.66. The molecular formula is C15H26N2O. The van der Waals surface area contributed by atoms with Crippen LogP contribution in [0.1, 0.15) is 39.5 Å². The van der Waals surface area contributed by atoms with Crippen molar-refractivity contribution in [3.8, 4) is 0 Å². The van der Waals surface area contributed by atoms with Crippen molar-refractivity contribution in [3.05, 3.63) is 12.2 Å². The zero-order chi connectivity index (χ0) is 13.0. The molecule has 102 valence electrons. The van der Waals surface area contributed by atoms with Crippen molar-refractivity contribution in [1.82, 2.24) is 10.2 Å². The molecule has 1 fully saturated rings. The molecule has 0 spiro atoms. The number of amides is 1. The van der Waals surface area contributed by atoms with Crippen molar-refractivity contribution in [1.29, 1.82) is 0 Å². The molecule has 0 radical (unpaired) electrons. The van der Waals surface area contributed by atoms with E-state index in [1.54, 1.807) is 0 Å². The van der Waals surface area contributed by atoms with Gasteiger partial charge in [-0.25, -0.2) is 0 Å². The Morgan fingerprint density at radius 1 is 1.39 bits per heavy atom. The summed E-state index contributed by atoms with van der Waals surface area (Å²) < 4.78 is 0. The Morgan fingerprint density at radius 3 is 2.78 bits per heavy atom. The average Bonchev–Trinajstić information content (AvgIpc) is 2.89. The number of likely N-dealkylation sites (tertiary alicyclic amines) is 1. The molecule has 3 heteroatoms. The number of piperidine rings is 1. The quantitative estimate of drug-likeness (QED) is 0.776. The molecule has 0 aromatic carbocycles. The zero-order valence-electron chi connectivity index (χ0n) is 11.7. The molecule has 1 heterocycles. The lowest BCUT2D eigenvalue weighted by Crippen LogP contribution is -2.45. The fourth-order valence-electron chi connectivity index (χ4n) is 2.91. The second-order valence-corrected chi connectivity index (χ2v) is 6.00. The Labute approximate surface area is 111 Å². The fraction of sp³-hybridized carbons (Fsp3) is 0.800. The number of hydrogen-bond donors (Lipinski definition) is 1. The molecule has 0 bridgehead atoms. The van der Waals surface area contributed by atoms with Gasteiger partial charge in [0.15, 0.2) is 0 Å². The first-order valence-corrected chi connectivity index (χ1v) is 7.34. The number of nitrogens with zero attached hydrogens (tertiary/aromatic N) is 1. The first-order valence-electron chi connectivity index (χ1n) is 7.34. The van der Waals surface area contributed by atoms with Crippen molar-refractivity contribution in [2.24, 2.45) is 11.8 Å².